The number of ether oxygens (including phenoxy) is 3. The second kappa shape index (κ2) is 5.15. The van der Waals surface area contributed by atoms with Crippen LogP contribution in [0.4, 0.5) is 5.69 Å². The Morgan fingerprint density at radius 3 is 2.83 bits per heavy atom. The number of amides is 1. The molecule has 5 atom stereocenters. The van der Waals surface area contributed by atoms with Gasteiger partial charge in [-0.2, -0.15) is 0 Å². The van der Waals surface area contributed by atoms with Gasteiger partial charge in [-0.3, -0.25) is 9.59 Å². The van der Waals surface area contributed by atoms with Crippen LogP contribution in [0.2, 0.25) is 0 Å². The Bertz CT molecular complexity index is 671. The minimum absolute atomic E-state index is 0.0390. The molecule has 2 aliphatic carbocycles. The van der Waals surface area contributed by atoms with Gasteiger partial charge >= 0.3 is 5.97 Å². The van der Waals surface area contributed by atoms with E-state index < -0.39 is 0 Å². The van der Waals surface area contributed by atoms with Crippen LogP contribution in [0.3, 0.4) is 0 Å². The summed E-state index contributed by atoms with van der Waals surface area (Å²) in [5.74, 6) is 0.757. The maximum Gasteiger partial charge on any atom is 0.310 e. The van der Waals surface area contributed by atoms with Gasteiger partial charge in [0.1, 0.15) is 17.6 Å². The molecule has 0 unspecified atom stereocenters. The van der Waals surface area contributed by atoms with Crippen LogP contribution in [0.15, 0.2) is 18.2 Å². The Labute approximate surface area is 134 Å². The molecule has 3 fully saturated rings. The number of benzene rings is 1. The molecular formula is C17H19NO5. The molecule has 0 radical (unpaired) electrons. The molecular weight excluding hydrogens is 298 g/mol. The molecule has 1 heterocycles. The summed E-state index contributed by atoms with van der Waals surface area (Å²) in [6.45, 7) is 0. The van der Waals surface area contributed by atoms with E-state index in [1.54, 1.807) is 32.4 Å². The highest BCUT2D eigenvalue weighted by atomic mass is 16.6. The van der Waals surface area contributed by atoms with Crippen molar-refractivity contribution in [1.29, 1.82) is 0 Å². The number of hydrogen-bond acceptors (Lipinski definition) is 5. The maximum atomic E-state index is 12.8. The third kappa shape index (κ3) is 2.08. The average Bonchev–Trinajstić information content (AvgIpc) is 3.16. The molecule has 6 heteroatoms. The van der Waals surface area contributed by atoms with E-state index >= 15 is 0 Å². The Kier molecular flexibility index (Phi) is 3.21. The fourth-order valence-electron chi connectivity index (χ4n) is 4.48. The Morgan fingerprint density at radius 1 is 1.26 bits per heavy atom. The molecule has 1 N–H and O–H groups in total. The number of fused-ring (bicyclic) bond motifs is 1. The molecule has 1 aromatic rings. The fourth-order valence-corrected chi connectivity index (χ4v) is 4.48. The largest absolute Gasteiger partial charge is 0.497 e. The van der Waals surface area contributed by atoms with E-state index in [1.807, 2.05) is 0 Å². The number of esters is 1. The third-order valence-electron chi connectivity index (χ3n) is 5.45. The molecule has 4 rings (SSSR count). The zero-order valence-electron chi connectivity index (χ0n) is 13.1. The summed E-state index contributed by atoms with van der Waals surface area (Å²) in [4.78, 5) is 24.8. The molecule has 1 aromatic carbocycles. The van der Waals surface area contributed by atoms with Gasteiger partial charge in [0.15, 0.2) is 0 Å². The SMILES string of the molecule is COc1ccc(NC(=O)[C@@H]2[C@@H]3C[C@@H]4[C@H]2C(=O)O[C@H]4C3)c(OC)c1. The zero-order chi connectivity index (χ0) is 16.1. The first-order valence-electron chi connectivity index (χ1n) is 7.85. The fraction of sp³-hybridized carbons (Fsp3) is 0.529. The molecule has 6 nitrogen and oxygen atoms in total. The topological polar surface area (TPSA) is 73.9 Å². The van der Waals surface area contributed by atoms with Gasteiger partial charge in [0.05, 0.1) is 31.7 Å². The molecule has 2 saturated carbocycles. The predicted octanol–water partition coefficient (Wildman–Crippen LogP) is 1.84. The maximum absolute atomic E-state index is 12.8. The normalized spacial score (nSPS) is 33.5. The minimum atomic E-state index is -0.293. The predicted molar refractivity (Wildman–Crippen MR) is 81.2 cm³/mol. The molecule has 0 aromatic heterocycles. The monoisotopic (exact) mass is 317 g/mol. The quantitative estimate of drug-likeness (QED) is 0.858. The van der Waals surface area contributed by atoms with Crippen LogP contribution in [-0.2, 0) is 14.3 Å². The number of rotatable bonds is 4. The standard InChI is InChI=1S/C17H19NO5/c1-21-9-3-4-11(13(7-9)22-2)18-16(19)14-8-5-10-12(6-8)23-17(20)15(10)14/h3-4,7-8,10,12,14-15H,5-6H2,1-2H3,(H,18,19)/t8-,10+,12+,14-,15-/m1/s1. The van der Waals surface area contributed by atoms with Crippen LogP contribution >= 0.6 is 0 Å². The highest BCUT2D eigenvalue weighted by Crippen LogP contribution is 2.57. The van der Waals surface area contributed by atoms with Crippen LogP contribution in [0, 0.1) is 23.7 Å². The number of hydrogen-bond donors (Lipinski definition) is 1. The molecule has 23 heavy (non-hydrogen) atoms. The van der Waals surface area contributed by atoms with Gasteiger partial charge in [-0.15, -0.1) is 0 Å². The van der Waals surface area contributed by atoms with Crippen molar-refractivity contribution in [1.82, 2.24) is 0 Å². The van der Waals surface area contributed by atoms with E-state index in [-0.39, 0.29) is 41.7 Å². The van der Waals surface area contributed by atoms with Gasteiger partial charge < -0.3 is 19.5 Å². The summed E-state index contributed by atoms with van der Waals surface area (Å²) in [6.07, 6.45) is 1.76. The molecule has 2 bridgehead atoms. The summed E-state index contributed by atoms with van der Waals surface area (Å²) < 4.78 is 15.9. The van der Waals surface area contributed by atoms with E-state index in [0.717, 1.165) is 12.8 Å². The van der Waals surface area contributed by atoms with Crippen molar-refractivity contribution in [2.24, 2.45) is 23.7 Å². The summed E-state index contributed by atoms with van der Waals surface area (Å²) >= 11 is 0. The van der Waals surface area contributed by atoms with Crippen molar-refractivity contribution in [3.8, 4) is 11.5 Å². The summed E-state index contributed by atoms with van der Waals surface area (Å²) in [6, 6.07) is 5.23. The van der Waals surface area contributed by atoms with Crippen LogP contribution < -0.4 is 14.8 Å². The Balaban J connectivity index is 1.56. The van der Waals surface area contributed by atoms with Gasteiger partial charge in [0.2, 0.25) is 5.91 Å². The van der Waals surface area contributed by atoms with Crippen molar-refractivity contribution in [3.63, 3.8) is 0 Å². The van der Waals surface area contributed by atoms with Crippen LogP contribution in [-0.4, -0.2) is 32.2 Å². The van der Waals surface area contributed by atoms with Crippen LogP contribution in [0.5, 0.6) is 11.5 Å². The van der Waals surface area contributed by atoms with E-state index in [0.29, 0.717) is 17.2 Å². The lowest BCUT2D eigenvalue weighted by atomic mass is 9.79. The first-order valence-corrected chi connectivity index (χ1v) is 7.85. The van der Waals surface area contributed by atoms with E-state index in [2.05, 4.69) is 5.32 Å². The second-order valence-corrected chi connectivity index (χ2v) is 6.48. The minimum Gasteiger partial charge on any atom is -0.497 e. The highest BCUT2D eigenvalue weighted by molar-refractivity contribution is 5.98. The first-order chi connectivity index (χ1) is 11.1. The van der Waals surface area contributed by atoms with Crippen molar-refractivity contribution in [3.05, 3.63) is 18.2 Å². The van der Waals surface area contributed by atoms with Crippen LogP contribution in [0.25, 0.3) is 0 Å². The van der Waals surface area contributed by atoms with Gasteiger partial charge in [-0.05, 0) is 30.9 Å². The van der Waals surface area contributed by atoms with Gasteiger partial charge in [0.25, 0.3) is 0 Å². The van der Waals surface area contributed by atoms with E-state index in [9.17, 15) is 9.59 Å². The zero-order valence-corrected chi connectivity index (χ0v) is 13.1. The molecule has 3 aliphatic rings. The summed E-state index contributed by atoms with van der Waals surface area (Å²) in [7, 11) is 3.12. The van der Waals surface area contributed by atoms with E-state index in [4.69, 9.17) is 14.2 Å². The molecule has 0 spiro atoms. The smallest absolute Gasteiger partial charge is 0.310 e. The lowest BCUT2D eigenvalue weighted by Crippen LogP contribution is -2.35. The van der Waals surface area contributed by atoms with Gasteiger partial charge in [-0.25, -0.2) is 0 Å². The number of carbonyl (C=O) groups is 2. The van der Waals surface area contributed by atoms with Crippen molar-refractivity contribution in [2.75, 3.05) is 19.5 Å². The van der Waals surface area contributed by atoms with Crippen molar-refractivity contribution < 1.29 is 23.8 Å². The van der Waals surface area contributed by atoms with Crippen molar-refractivity contribution >= 4 is 17.6 Å². The Morgan fingerprint density at radius 2 is 2.09 bits per heavy atom. The molecule has 1 saturated heterocycles. The summed E-state index contributed by atoms with van der Waals surface area (Å²) in [5, 5.41) is 2.92. The molecule has 122 valence electrons. The molecule has 1 aliphatic heterocycles. The van der Waals surface area contributed by atoms with Gasteiger partial charge in [0, 0.05) is 12.0 Å². The number of carbonyl (C=O) groups excluding carboxylic acids is 2. The van der Waals surface area contributed by atoms with Crippen LogP contribution in [0.1, 0.15) is 12.8 Å². The number of methoxy groups -OCH3 is 2. The molecule has 1 amide bonds. The lowest BCUT2D eigenvalue weighted by Gasteiger charge is -2.24. The number of anilines is 1. The second-order valence-electron chi connectivity index (χ2n) is 6.48. The number of nitrogens with one attached hydrogen (secondary N) is 1. The first kappa shape index (κ1) is 14.4. The van der Waals surface area contributed by atoms with E-state index in [1.165, 1.54) is 0 Å². The van der Waals surface area contributed by atoms with Gasteiger partial charge in [-0.1, -0.05) is 0 Å². The highest BCUT2D eigenvalue weighted by Gasteiger charge is 2.63. The summed E-state index contributed by atoms with van der Waals surface area (Å²) in [5.41, 5.74) is 0.587. The Hall–Kier alpha value is -2.24. The lowest BCUT2D eigenvalue weighted by molar-refractivity contribution is -0.145. The average molecular weight is 317 g/mol. The van der Waals surface area contributed by atoms with Crippen molar-refractivity contribution in [2.45, 2.75) is 18.9 Å². The third-order valence-corrected chi connectivity index (χ3v) is 5.45.